The third kappa shape index (κ3) is 4.26. The van der Waals surface area contributed by atoms with E-state index in [1.807, 2.05) is 0 Å². The van der Waals surface area contributed by atoms with Crippen LogP contribution in [0, 0.1) is 0 Å². The Labute approximate surface area is 205 Å². The second-order valence-corrected chi connectivity index (χ2v) is 14.3. The van der Waals surface area contributed by atoms with Gasteiger partial charge in [0, 0.05) is 17.9 Å². The molecule has 0 radical (unpaired) electrons. The van der Waals surface area contributed by atoms with E-state index in [9.17, 15) is 0 Å². The maximum absolute atomic E-state index is 3.73. The van der Waals surface area contributed by atoms with Crippen molar-refractivity contribution in [3.05, 3.63) is 115 Å². The molecule has 0 aromatic heterocycles. The van der Waals surface area contributed by atoms with Gasteiger partial charge < -0.3 is 0 Å². The first-order valence-electron chi connectivity index (χ1n) is 9.04. The van der Waals surface area contributed by atoms with Gasteiger partial charge in [-0.05, 0) is 57.1 Å². The molecular formula is C24H16Br4Si. The van der Waals surface area contributed by atoms with Crippen molar-refractivity contribution in [3.8, 4) is 0 Å². The average molecular weight is 652 g/mol. The Morgan fingerprint density at radius 2 is 0.690 bits per heavy atom. The molecule has 4 aromatic rings. The summed E-state index contributed by atoms with van der Waals surface area (Å²) in [5.41, 5.74) is 0. The van der Waals surface area contributed by atoms with Crippen LogP contribution < -0.4 is 20.7 Å². The smallest absolute Gasteiger partial charge is 0.0623 e. The summed E-state index contributed by atoms with van der Waals surface area (Å²) in [5, 5.41) is 5.34. The molecule has 0 saturated carbocycles. The molecule has 0 aliphatic rings. The van der Waals surface area contributed by atoms with Crippen LogP contribution in [0.15, 0.2) is 115 Å². The zero-order valence-corrected chi connectivity index (χ0v) is 22.6. The van der Waals surface area contributed by atoms with E-state index in [2.05, 4.69) is 161 Å². The third-order valence-corrected chi connectivity index (χ3v) is 11.5. The molecular weight excluding hydrogens is 636 g/mol. The number of benzene rings is 4. The SMILES string of the molecule is Brc1cc(Br)cc([Si](c2ccccc2)(c2ccccc2)c2cc(Br)cc(Br)c2)c1. The van der Waals surface area contributed by atoms with Crippen LogP contribution >= 0.6 is 63.7 Å². The highest BCUT2D eigenvalue weighted by Gasteiger charge is 2.42. The molecule has 0 heterocycles. The van der Waals surface area contributed by atoms with Crippen LogP contribution in [-0.4, -0.2) is 8.07 Å². The van der Waals surface area contributed by atoms with E-state index in [-0.39, 0.29) is 0 Å². The Morgan fingerprint density at radius 1 is 0.379 bits per heavy atom. The van der Waals surface area contributed by atoms with Crippen molar-refractivity contribution in [2.75, 3.05) is 0 Å². The maximum atomic E-state index is 3.73. The van der Waals surface area contributed by atoms with Gasteiger partial charge in [-0.3, -0.25) is 0 Å². The molecule has 0 bridgehead atoms. The highest BCUT2D eigenvalue weighted by Crippen LogP contribution is 2.22. The molecule has 29 heavy (non-hydrogen) atoms. The number of hydrogen-bond acceptors (Lipinski definition) is 0. The summed E-state index contributed by atoms with van der Waals surface area (Å²) in [4.78, 5) is 0. The molecule has 5 heteroatoms. The fraction of sp³-hybridized carbons (Fsp3) is 0. The van der Waals surface area contributed by atoms with Gasteiger partial charge in [0.05, 0.1) is 0 Å². The number of rotatable bonds is 4. The average Bonchev–Trinajstić information content (AvgIpc) is 2.69. The zero-order chi connectivity index (χ0) is 20.4. The first-order valence-corrected chi connectivity index (χ1v) is 14.2. The molecule has 0 N–H and O–H groups in total. The normalized spacial score (nSPS) is 11.4. The van der Waals surface area contributed by atoms with Crippen LogP contribution in [-0.2, 0) is 0 Å². The maximum Gasteiger partial charge on any atom is 0.179 e. The van der Waals surface area contributed by atoms with Crippen molar-refractivity contribution in [2.24, 2.45) is 0 Å². The van der Waals surface area contributed by atoms with Crippen molar-refractivity contribution < 1.29 is 0 Å². The lowest BCUT2D eigenvalue weighted by Gasteiger charge is -2.35. The third-order valence-electron chi connectivity index (χ3n) is 5.00. The van der Waals surface area contributed by atoms with Crippen LogP contribution in [0.1, 0.15) is 0 Å². The highest BCUT2D eigenvalue weighted by atomic mass is 79.9. The summed E-state index contributed by atoms with van der Waals surface area (Å²) in [6.07, 6.45) is 0. The quantitative estimate of drug-likeness (QED) is 0.185. The molecule has 0 spiro atoms. The summed E-state index contributed by atoms with van der Waals surface area (Å²) >= 11 is 14.9. The molecule has 4 aromatic carbocycles. The van der Waals surface area contributed by atoms with Gasteiger partial charge in [0.2, 0.25) is 0 Å². The van der Waals surface area contributed by atoms with Crippen LogP contribution in [0.5, 0.6) is 0 Å². The van der Waals surface area contributed by atoms with E-state index < -0.39 is 8.07 Å². The second-order valence-electron chi connectivity index (χ2n) is 6.80. The molecule has 0 unspecified atom stereocenters. The van der Waals surface area contributed by atoms with Crippen molar-refractivity contribution in [1.82, 2.24) is 0 Å². The van der Waals surface area contributed by atoms with Crippen molar-refractivity contribution in [2.45, 2.75) is 0 Å². The topological polar surface area (TPSA) is 0 Å². The lowest BCUT2D eigenvalue weighted by Crippen LogP contribution is -2.74. The zero-order valence-electron chi connectivity index (χ0n) is 15.2. The Balaban J connectivity index is 2.20. The summed E-state index contributed by atoms with van der Waals surface area (Å²) in [5.74, 6) is 0. The molecule has 0 aliphatic heterocycles. The molecule has 0 aliphatic carbocycles. The fourth-order valence-electron chi connectivity index (χ4n) is 3.92. The highest BCUT2D eigenvalue weighted by molar-refractivity contribution is 9.11. The minimum absolute atomic E-state index is 1.07. The van der Waals surface area contributed by atoms with Crippen LogP contribution in [0.2, 0.25) is 0 Å². The summed E-state index contributed by atoms with van der Waals surface area (Å²) < 4.78 is 4.28. The first kappa shape index (κ1) is 21.3. The van der Waals surface area contributed by atoms with Gasteiger partial charge in [-0.2, -0.15) is 0 Å². The largest absolute Gasteiger partial charge is 0.179 e. The summed E-state index contributed by atoms with van der Waals surface area (Å²) in [6, 6.07) is 35.1. The van der Waals surface area contributed by atoms with E-state index in [0.29, 0.717) is 0 Å². The van der Waals surface area contributed by atoms with Crippen molar-refractivity contribution in [1.29, 1.82) is 0 Å². The minimum atomic E-state index is -2.55. The molecule has 0 atom stereocenters. The molecule has 4 rings (SSSR count). The van der Waals surface area contributed by atoms with Gasteiger partial charge in [0.15, 0.2) is 8.07 Å². The number of hydrogen-bond donors (Lipinski definition) is 0. The Kier molecular flexibility index (Phi) is 6.61. The summed E-state index contributed by atoms with van der Waals surface area (Å²) in [6.45, 7) is 0. The molecule has 144 valence electrons. The lowest BCUT2D eigenvalue weighted by atomic mass is 10.3. The van der Waals surface area contributed by atoms with Gasteiger partial charge in [0.1, 0.15) is 0 Å². The molecule has 0 nitrogen and oxygen atoms in total. The van der Waals surface area contributed by atoms with E-state index in [1.165, 1.54) is 20.7 Å². The predicted molar refractivity (Wildman–Crippen MR) is 141 cm³/mol. The van der Waals surface area contributed by atoms with Gasteiger partial charge in [-0.1, -0.05) is 124 Å². The van der Waals surface area contributed by atoms with E-state index in [1.54, 1.807) is 0 Å². The van der Waals surface area contributed by atoms with Gasteiger partial charge in [-0.15, -0.1) is 0 Å². The van der Waals surface area contributed by atoms with Crippen LogP contribution in [0.25, 0.3) is 0 Å². The fourth-order valence-corrected chi connectivity index (χ4v) is 12.2. The van der Waals surface area contributed by atoms with E-state index in [0.717, 1.165) is 17.9 Å². The van der Waals surface area contributed by atoms with Gasteiger partial charge in [-0.25, -0.2) is 0 Å². The first-order chi connectivity index (χ1) is 14.0. The molecule has 0 saturated heterocycles. The second kappa shape index (κ2) is 9.02. The van der Waals surface area contributed by atoms with Crippen LogP contribution in [0.4, 0.5) is 0 Å². The number of halogens is 4. The molecule has 0 fully saturated rings. The molecule has 0 amide bonds. The van der Waals surface area contributed by atoms with Gasteiger partial charge in [0.25, 0.3) is 0 Å². The van der Waals surface area contributed by atoms with Crippen LogP contribution in [0.3, 0.4) is 0 Å². The monoisotopic (exact) mass is 648 g/mol. The standard InChI is InChI=1S/C24H16Br4Si/c25-17-11-18(26)14-23(13-17)29(21-7-3-1-4-8-21,22-9-5-2-6-10-22)24-15-19(27)12-20(28)16-24/h1-16H. The van der Waals surface area contributed by atoms with Crippen molar-refractivity contribution >= 4 is 92.5 Å². The lowest BCUT2D eigenvalue weighted by molar-refractivity contribution is 1.59. The van der Waals surface area contributed by atoms with E-state index >= 15 is 0 Å². The van der Waals surface area contributed by atoms with Gasteiger partial charge >= 0.3 is 0 Å². The summed E-state index contributed by atoms with van der Waals surface area (Å²) in [7, 11) is -2.55. The Morgan fingerprint density at radius 3 is 1.00 bits per heavy atom. The minimum Gasteiger partial charge on any atom is -0.0623 e. The van der Waals surface area contributed by atoms with E-state index in [4.69, 9.17) is 0 Å². The Bertz CT molecular complexity index is 1010. The predicted octanol–water partition coefficient (Wildman–Crippen LogP) is 6.11. The van der Waals surface area contributed by atoms with Crippen molar-refractivity contribution in [3.63, 3.8) is 0 Å². The Hall–Kier alpha value is -0.983.